The van der Waals surface area contributed by atoms with E-state index in [0.717, 1.165) is 22.2 Å². The first kappa shape index (κ1) is 20.2. The highest BCUT2D eigenvalue weighted by Gasteiger charge is 2.14. The molecule has 0 aliphatic rings. The number of furan rings is 1. The van der Waals surface area contributed by atoms with E-state index >= 15 is 0 Å². The van der Waals surface area contributed by atoms with Gasteiger partial charge in [-0.15, -0.1) is 0 Å². The fourth-order valence-corrected chi connectivity index (χ4v) is 4.63. The van der Waals surface area contributed by atoms with Gasteiger partial charge < -0.3 is 9.15 Å². The van der Waals surface area contributed by atoms with E-state index in [1.54, 1.807) is 22.6 Å². The molecular weight excluding hydrogens is 424 g/mol. The van der Waals surface area contributed by atoms with E-state index in [1.165, 1.54) is 11.3 Å². The number of aryl methyl sites for hydroxylation is 1. The van der Waals surface area contributed by atoms with Crippen molar-refractivity contribution in [2.24, 2.45) is 0 Å². The van der Waals surface area contributed by atoms with Crippen LogP contribution in [0, 0.1) is 6.92 Å². The highest BCUT2D eigenvalue weighted by atomic mass is 32.1. The molecule has 7 heteroatoms. The van der Waals surface area contributed by atoms with Gasteiger partial charge in [0.25, 0.3) is 5.56 Å². The Labute approximate surface area is 187 Å². The van der Waals surface area contributed by atoms with Crippen LogP contribution in [0.25, 0.3) is 33.4 Å². The normalized spacial score (nSPS) is 12.3. The smallest absolute Gasteiger partial charge is 0.338 e. The third-order valence-electron chi connectivity index (χ3n) is 5.12. The molecule has 0 saturated carbocycles. The number of fused-ring (bicyclic) bond motifs is 3. The van der Waals surface area contributed by atoms with Crippen LogP contribution in [-0.2, 0) is 4.74 Å². The monoisotopic (exact) mass is 444 g/mol. The predicted octanol–water partition coefficient (Wildman–Crippen LogP) is 4.59. The summed E-state index contributed by atoms with van der Waals surface area (Å²) in [5.41, 5.74) is 3.77. The van der Waals surface area contributed by atoms with E-state index in [0.29, 0.717) is 26.6 Å². The standard InChI is InChI=1S/C25H20N2O4S/c1-14(2)30-24(29)16-8-10-18(15(3)12-16)21-11-9-17(31-21)13-22-23(28)27-20-7-5-4-6-19(20)26-25(27)32-22/h4-14H,1-3H3/b22-13-. The van der Waals surface area contributed by atoms with Crippen molar-refractivity contribution in [1.29, 1.82) is 0 Å². The Morgan fingerprint density at radius 3 is 2.75 bits per heavy atom. The quantitative estimate of drug-likeness (QED) is 0.379. The van der Waals surface area contributed by atoms with Gasteiger partial charge in [-0.1, -0.05) is 29.5 Å². The van der Waals surface area contributed by atoms with Gasteiger partial charge in [-0.05, 0) is 62.7 Å². The van der Waals surface area contributed by atoms with Crippen LogP contribution in [0.1, 0.15) is 35.5 Å². The van der Waals surface area contributed by atoms with Crippen molar-refractivity contribution in [2.45, 2.75) is 26.9 Å². The van der Waals surface area contributed by atoms with E-state index in [4.69, 9.17) is 9.15 Å². The van der Waals surface area contributed by atoms with Crippen LogP contribution in [0.2, 0.25) is 0 Å². The van der Waals surface area contributed by atoms with Crippen molar-refractivity contribution in [1.82, 2.24) is 9.38 Å². The van der Waals surface area contributed by atoms with Crippen molar-refractivity contribution < 1.29 is 13.9 Å². The summed E-state index contributed by atoms with van der Waals surface area (Å²) in [6.07, 6.45) is 1.57. The highest BCUT2D eigenvalue weighted by Crippen LogP contribution is 2.27. The molecular formula is C25H20N2O4S. The molecule has 0 N–H and O–H groups in total. The zero-order valence-corrected chi connectivity index (χ0v) is 18.6. The van der Waals surface area contributed by atoms with Gasteiger partial charge >= 0.3 is 5.97 Å². The van der Waals surface area contributed by atoms with E-state index in [1.807, 2.05) is 63.2 Å². The van der Waals surface area contributed by atoms with Gasteiger partial charge in [0.2, 0.25) is 0 Å². The van der Waals surface area contributed by atoms with E-state index in [2.05, 4.69) is 4.98 Å². The third kappa shape index (κ3) is 3.50. The Hall–Kier alpha value is -3.71. The van der Waals surface area contributed by atoms with Crippen molar-refractivity contribution in [3.05, 3.63) is 86.4 Å². The number of benzene rings is 2. The number of aromatic nitrogens is 2. The molecule has 0 aliphatic carbocycles. The molecule has 32 heavy (non-hydrogen) atoms. The summed E-state index contributed by atoms with van der Waals surface area (Å²) in [6, 6.07) is 16.6. The van der Waals surface area contributed by atoms with Crippen LogP contribution >= 0.6 is 11.3 Å². The zero-order chi connectivity index (χ0) is 22.4. The van der Waals surface area contributed by atoms with Gasteiger partial charge in [0.05, 0.1) is 22.7 Å². The van der Waals surface area contributed by atoms with Crippen LogP contribution in [0.3, 0.4) is 0 Å². The minimum absolute atomic E-state index is 0.110. The van der Waals surface area contributed by atoms with Crippen LogP contribution in [0.15, 0.2) is 63.8 Å². The van der Waals surface area contributed by atoms with E-state index in [9.17, 15) is 9.59 Å². The first-order chi connectivity index (χ1) is 15.4. The van der Waals surface area contributed by atoms with Gasteiger partial charge in [-0.3, -0.25) is 4.79 Å². The van der Waals surface area contributed by atoms with Gasteiger partial charge in [-0.25, -0.2) is 14.2 Å². The second-order valence-electron chi connectivity index (χ2n) is 7.82. The minimum atomic E-state index is -0.346. The first-order valence-electron chi connectivity index (χ1n) is 10.2. The van der Waals surface area contributed by atoms with Gasteiger partial charge in [0.15, 0.2) is 4.96 Å². The second-order valence-corrected chi connectivity index (χ2v) is 8.83. The molecule has 0 bridgehead atoms. The summed E-state index contributed by atoms with van der Waals surface area (Å²) >= 11 is 1.34. The minimum Gasteiger partial charge on any atom is -0.459 e. The summed E-state index contributed by atoms with van der Waals surface area (Å²) in [5, 5.41) is 0. The lowest BCUT2D eigenvalue weighted by atomic mass is 10.0. The Morgan fingerprint density at radius 1 is 1.16 bits per heavy atom. The molecule has 6 nitrogen and oxygen atoms in total. The van der Waals surface area contributed by atoms with Crippen molar-refractivity contribution in [2.75, 3.05) is 0 Å². The predicted molar refractivity (Wildman–Crippen MR) is 125 cm³/mol. The topological polar surface area (TPSA) is 73.8 Å². The van der Waals surface area contributed by atoms with E-state index < -0.39 is 0 Å². The number of carbonyl (C=O) groups is 1. The van der Waals surface area contributed by atoms with Crippen molar-refractivity contribution in [3.8, 4) is 11.3 Å². The Morgan fingerprint density at radius 2 is 1.97 bits per heavy atom. The maximum absolute atomic E-state index is 12.9. The molecule has 160 valence electrons. The fraction of sp³-hybridized carbons (Fsp3) is 0.160. The number of rotatable bonds is 4. The van der Waals surface area contributed by atoms with Crippen LogP contribution in [0.5, 0.6) is 0 Å². The number of para-hydroxylation sites is 2. The number of hydrogen-bond donors (Lipinski definition) is 0. The molecule has 2 aromatic carbocycles. The number of nitrogens with zero attached hydrogens (tertiary/aromatic N) is 2. The molecule has 0 atom stereocenters. The molecule has 0 unspecified atom stereocenters. The third-order valence-corrected chi connectivity index (χ3v) is 6.08. The summed E-state index contributed by atoms with van der Waals surface area (Å²) in [5.74, 6) is 0.895. The SMILES string of the molecule is Cc1cc(C(=O)OC(C)C)ccc1-c1ccc(/C=c2\sc3nc4ccccc4n3c2=O)o1. The van der Waals surface area contributed by atoms with Crippen LogP contribution < -0.4 is 10.1 Å². The summed E-state index contributed by atoms with van der Waals surface area (Å²) in [4.78, 5) is 30.3. The zero-order valence-electron chi connectivity index (χ0n) is 17.8. The lowest BCUT2D eigenvalue weighted by Crippen LogP contribution is -2.22. The van der Waals surface area contributed by atoms with Crippen LogP contribution in [-0.4, -0.2) is 21.5 Å². The largest absolute Gasteiger partial charge is 0.459 e. The molecule has 0 radical (unpaired) electrons. The van der Waals surface area contributed by atoms with Gasteiger partial charge in [0, 0.05) is 11.6 Å². The fourth-order valence-electron chi connectivity index (χ4n) is 3.67. The Kier molecular flexibility index (Phi) is 4.90. The second kappa shape index (κ2) is 7.76. The molecule has 3 aromatic heterocycles. The molecule has 3 heterocycles. The number of imidazole rings is 1. The number of hydrogen-bond acceptors (Lipinski definition) is 6. The number of carbonyl (C=O) groups excluding carboxylic acids is 1. The average molecular weight is 445 g/mol. The first-order valence-corrected chi connectivity index (χ1v) is 11.1. The molecule has 0 spiro atoms. The summed E-state index contributed by atoms with van der Waals surface area (Å²) < 4.78 is 13.5. The van der Waals surface area contributed by atoms with E-state index in [-0.39, 0.29) is 17.6 Å². The Bertz CT molecular complexity index is 1590. The lowest BCUT2D eigenvalue weighted by Gasteiger charge is -2.09. The number of ether oxygens (including phenoxy) is 1. The molecule has 0 aliphatic heterocycles. The van der Waals surface area contributed by atoms with Crippen molar-refractivity contribution in [3.63, 3.8) is 0 Å². The molecule has 0 amide bonds. The molecule has 5 rings (SSSR count). The van der Waals surface area contributed by atoms with Crippen molar-refractivity contribution >= 4 is 39.4 Å². The maximum Gasteiger partial charge on any atom is 0.338 e. The van der Waals surface area contributed by atoms with Crippen LogP contribution in [0.4, 0.5) is 0 Å². The highest BCUT2D eigenvalue weighted by molar-refractivity contribution is 7.15. The molecule has 0 fully saturated rings. The lowest BCUT2D eigenvalue weighted by molar-refractivity contribution is 0.0378. The number of esters is 1. The molecule has 0 saturated heterocycles. The summed E-state index contributed by atoms with van der Waals surface area (Å²) in [7, 11) is 0. The maximum atomic E-state index is 12.9. The summed E-state index contributed by atoms with van der Waals surface area (Å²) in [6.45, 7) is 5.56. The molecule has 5 aromatic rings. The van der Waals surface area contributed by atoms with Gasteiger partial charge in [0.1, 0.15) is 16.1 Å². The van der Waals surface area contributed by atoms with Gasteiger partial charge in [-0.2, -0.15) is 0 Å². The average Bonchev–Trinajstić information content (AvgIpc) is 3.43. The Balaban J connectivity index is 1.49. The number of thiazole rings is 1.